The predicted octanol–water partition coefficient (Wildman–Crippen LogP) is 6.66. The van der Waals surface area contributed by atoms with Gasteiger partial charge in [-0.25, -0.2) is 0 Å². The Balaban J connectivity index is 2.29. The zero-order valence-electron chi connectivity index (χ0n) is 10.9. The van der Waals surface area contributed by atoms with Gasteiger partial charge in [-0.1, -0.05) is 36.7 Å². The van der Waals surface area contributed by atoms with Crippen LogP contribution in [0.1, 0.15) is 45.8 Å². The van der Waals surface area contributed by atoms with Crippen molar-refractivity contribution in [2.45, 2.75) is 37.9 Å². The maximum absolute atomic E-state index is 3.82. The average molecular weight is 408 g/mol. The summed E-state index contributed by atoms with van der Waals surface area (Å²) in [5.74, 6) is 0. The molecule has 2 aromatic heterocycles. The van der Waals surface area contributed by atoms with Gasteiger partial charge in [0.2, 0.25) is 0 Å². The van der Waals surface area contributed by atoms with Crippen LogP contribution in [0, 0.1) is 6.92 Å². The second kappa shape index (κ2) is 5.39. The molecule has 2 aromatic rings. The molecule has 0 aliphatic heterocycles. The monoisotopic (exact) mass is 406 g/mol. The summed E-state index contributed by atoms with van der Waals surface area (Å²) in [4.78, 5) is 4.50. The van der Waals surface area contributed by atoms with E-state index in [0.717, 1.165) is 0 Å². The van der Waals surface area contributed by atoms with Crippen molar-refractivity contribution in [3.05, 3.63) is 42.2 Å². The summed E-state index contributed by atoms with van der Waals surface area (Å²) in [5, 5.41) is 0. The molecule has 4 heteroatoms. The second-order valence-corrected chi connectivity index (χ2v) is 9.85. The van der Waals surface area contributed by atoms with E-state index in [9.17, 15) is 0 Å². The molecular weight excluding hydrogens is 392 g/mol. The van der Waals surface area contributed by atoms with Gasteiger partial charge in [0.25, 0.3) is 0 Å². The van der Waals surface area contributed by atoms with Gasteiger partial charge in [0, 0.05) is 14.6 Å². The highest BCUT2D eigenvalue weighted by molar-refractivity contribution is 9.11. The number of thiophene rings is 2. The number of hydrogen-bond acceptors (Lipinski definition) is 2. The van der Waals surface area contributed by atoms with Crippen molar-refractivity contribution in [1.29, 1.82) is 0 Å². The first-order chi connectivity index (χ1) is 8.29. The van der Waals surface area contributed by atoms with E-state index >= 15 is 0 Å². The van der Waals surface area contributed by atoms with Gasteiger partial charge < -0.3 is 0 Å². The van der Waals surface area contributed by atoms with Crippen LogP contribution in [-0.2, 0) is 5.41 Å². The quantitative estimate of drug-likeness (QED) is 0.488. The van der Waals surface area contributed by atoms with Gasteiger partial charge in [0.05, 0.1) is 8.61 Å². The zero-order valence-corrected chi connectivity index (χ0v) is 15.7. The van der Waals surface area contributed by atoms with Crippen molar-refractivity contribution >= 4 is 54.5 Å². The molecule has 1 unspecified atom stereocenters. The van der Waals surface area contributed by atoms with Gasteiger partial charge in [-0.2, -0.15) is 0 Å². The normalized spacial score (nSPS) is 13.9. The first-order valence-corrected chi connectivity index (χ1v) is 9.13. The van der Waals surface area contributed by atoms with Crippen LogP contribution in [0.2, 0.25) is 0 Å². The topological polar surface area (TPSA) is 0 Å². The van der Waals surface area contributed by atoms with Crippen LogP contribution in [0.3, 0.4) is 0 Å². The first kappa shape index (κ1) is 14.8. The minimum absolute atomic E-state index is 0.238. The van der Waals surface area contributed by atoms with Gasteiger partial charge in [-0.3, -0.25) is 0 Å². The van der Waals surface area contributed by atoms with E-state index in [4.69, 9.17) is 0 Å². The van der Waals surface area contributed by atoms with E-state index < -0.39 is 0 Å². The zero-order chi connectivity index (χ0) is 13.5. The number of alkyl halides is 1. The molecule has 98 valence electrons. The lowest BCUT2D eigenvalue weighted by atomic mass is 9.95. The largest absolute Gasteiger partial charge is 0.143 e. The number of aryl methyl sites for hydroxylation is 1. The highest BCUT2D eigenvalue weighted by Gasteiger charge is 2.20. The third-order valence-corrected chi connectivity index (χ3v) is 8.11. The summed E-state index contributed by atoms with van der Waals surface area (Å²) in [6, 6.07) is 6.75. The molecule has 0 aliphatic carbocycles. The van der Waals surface area contributed by atoms with Gasteiger partial charge in [0.15, 0.2) is 0 Å². The molecular formula is C14H16Br2S2. The van der Waals surface area contributed by atoms with Gasteiger partial charge >= 0.3 is 0 Å². The Bertz CT molecular complexity index is 527. The maximum Gasteiger partial charge on any atom is 0.0831 e. The SMILES string of the molecule is Cc1cc(C(Br)c2ccc(C(C)(C)C)s2)sc1Br. The van der Waals surface area contributed by atoms with E-state index in [1.807, 2.05) is 22.7 Å². The molecule has 1 atom stereocenters. The highest BCUT2D eigenvalue weighted by Crippen LogP contribution is 2.42. The molecule has 0 saturated carbocycles. The molecule has 0 nitrogen and oxygen atoms in total. The Morgan fingerprint density at radius 2 is 1.78 bits per heavy atom. The molecule has 0 amide bonds. The highest BCUT2D eigenvalue weighted by atomic mass is 79.9. The maximum atomic E-state index is 3.82. The van der Waals surface area contributed by atoms with Crippen LogP contribution in [0.15, 0.2) is 22.0 Å². The molecule has 0 N–H and O–H groups in total. The summed E-state index contributed by atoms with van der Waals surface area (Å²) in [6.45, 7) is 8.92. The Morgan fingerprint density at radius 1 is 1.11 bits per heavy atom. The van der Waals surface area contributed by atoms with Crippen LogP contribution in [0.4, 0.5) is 0 Å². The van der Waals surface area contributed by atoms with E-state index in [-0.39, 0.29) is 5.41 Å². The van der Waals surface area contributed by atoms with E-state index in [1.54, 1.807) is 0 Å². The van der Waals surface area contributed by atoms with Crippen molar-refractivity contribution in [2.24, 2.45) is 0 Å². The smallest absolute Gasteiger partial charge is 0.0831 e. The molecule has 0 aromatic carbocycles. The Hall–Kier alpha value is 0.360. The summed E-state index contributed by atoms with van der Waals surface area (Å²) in [5.41, 5.74) is 1.55. The molecule has 0 aliphatic rings. The van der Waals surface area contributed by atoms with Crippen molar-refractivity contribution in [3.8, 4) is 0 Å². The van der Waals surface area contributed by atoms with E-state index in [2.05, 4.69) is 77.8 Å². The lowest BCUT2D eigenvalue weighted by Gasteiger charge is -2.15. The molecule has 18 heavy (non-hydrogen) atoms. The first-order valence-electron chi connectivity index (χ1n) is 5.79. The third-order valence-electron chi connectivity index (χ3n) is 2.74. The Kier molecular flexibility index (Phi) is 4.42. The van der Waals surface area contributed by atoms with Crippen LogP contribution in [0.5, 0.6) is 0 Å². The van der Waals surface area contributed by atoms with Crippen molar-refractivity contribution < 1.29 is 0 Å². The van der Waals surface area contributed by atoms with Crippen molar-refractivity contribution in [3.63, 3.8) is 0 Å². The van der Waals surface area contributed by atoms with Crippen LogP contribution >= 0.6 is 54.5 Å². The summed E-state index contributed by atoms with van der Waals surface area (Å²) in [6.07, 6.45) is 0. The van der Waals surface area contributed by atoms with Gasteiger partial charge in [0.1, 0.15) is 0 Å². The van der Waals surface area contributed by atoms with Crippen LogP contribution in [0.25, 0.3) is 0 Å². The summed E-state index contributed by atoms with van der Waals surface area (Å²) < 4.78 is 1.23. The fourth-order valence-electron chi connectivity index (χ4n) is 1.64. The summed E-state index contributed by atoms with van der Waals surface area (Å²) in [7, 11) is 0. The van der Waals surface area contributed by atoms with Crippen molar-refractivity contribution in [2.75, 3.05) is 0 Å². The second-order valence-electron chi connectivity index (χ2n) is 5.42. The van der Waals surface area contributed by atoms with Gasteiger partial charge in [-0.05, 0) is 52.0 Å². The Labute approximate surface area is 134 Å². The van der Waals surface area contributed by atoms with Crippen molar-refractivity contribution in [1.82, 2.24) is 0 Å². The van der Waals surface area contributed by atoms with E-state index in [1.165, 1.54) is 24.0 Å². The van der Waals surface area contributed by atoms with Gasteiger partial charge in [-0.15, -0.1) is 22.7 Å². The molecule has 2 heterocycles. The lowest BCUT2D eigenvalue weighted by Crippen LogP contribution is -2.07. The molecule has 0 bridgehead atoms. The third kappa shape index (κ3) is 3.09. The van der Waals surface area contributed by atoms with Crippen LogP contribution in [-0.4, -0.2) is 0 Å². The average Bonchev–Trinajstić information content (AvgIpc) is 2.85. The Morgan fingerprint density at radius 3 is 2.22 bits per heavy atom. The fourth-order valence-corrected chi connectivity index (χ4v) is 5.19. The minimum Gasteiger partial charge on any atom is -0.143 e. The number of halogens is 2. The predicted molar refractivity (Wildman–Crippen MR) is 90.5 cm³/mol. The molecule has 0 fully saturated rings. The molecule has 0 saturated heterocycles. The standard InChI is InChI=1S/C14H16Br2S2/c1-8-7-10(18-13(8)16)12(15)9-5-6-11(17-9)14(2,3)4/h5-7,12H,1-4H3. The molecule has 0 radical (unpaired) electrons. The van der Waals surface area contributed by atoms with Crippen LogP contribution < -0.4 is 0 Å². The fraction of sp³-hybridized carbons (Fsp3) is 0.429. The van der Waals surface area contributed by atoms with E-state index in [0.29, 0.717) is 4.83 Å². The molecule has 0 spiro atoms. The lowest BCUT2D eigenvalue weighted by molar-refractivity contribution is 0.604. The minimum atomic E-state index is 0.238. The molecule has 2 rings (SSSR count). The number of rotatable bonds is 2. The number of hydrogen-bond donors (Lipinski definition) is 0. The summed E-state index contributed by atoms with van der Waals surface area (Å²) >= 11 is 11.1.